The molecule has 334 valence electrons. The topological polar surface area (TPSA) is 172 Å². The number of ether oxygens (including phenoxy) is 2. The van der Waals surface area contributed by atoms with E-state index in [0.29, 0.717) is 12.8 Å². The summed E-state index contributed by atoms with van der Waals surface area (Å²) in [6.45, 7) is 2.55. The second kappa shape index (κ2) is 40.9. The molecule has 0 radical (unpaired) electrons. The Hall–Kier alpha value is -2.82. The highest BCUT2D eigenvalue weighted by Gasteiger charge is 2.28. The molecule has 0 saturated heterocycles. The highest BCUT2D eigenvalue weighted by atomic mass is 31.2. The molecule has 3 atom stereocenters. The standard InChI is InChI=1S/C46H80NO10P/c1-3-5-7-9-11-13-15-17-18-19-20-21-22-23-24-26-27-29-31-33-35-37-44(48)54-39-42(40-55-58(52,53)56-41-43(47)46(50)51)57-45(49)38-36-34-32-30-28-25-16-14-12-10-8-6-4-2/h5-8,10-14,16,42-43H,3-4,9,15,17-41,47H2,1-2H3,(H,50,51)(H,52,53)/b7-5+,8-6+,12-10+,13-11+,16-14+/t42?,43-/m0/s1. The number of unbranched alkanes of at least 4 members (excludes halogenated alkanes) is 19. The number of carboxylic acid groups (broad SMARTS) is 1. The zero-order valence-electron chi connectivity index (χ0n) is 36.1. The van der Waals surface area contributed by atoms with Crippen molar-refractivity contribution in [1.82, 2.24) is 0 Å². The van der Waals surface area contributed by atoms with Crippen molar-refractivity contribution in [2.75, 3.05) is 19.8 Å². The SMILES string of the molecule is CC/C=C/C=C/C=C/CCCCCCCC(=O)OC(COC(=O)CCCCCCCCCCCCCCCC/C=C/C/C=C/CC)COP(=O)(O)OC[C@H](N)C(=O)O. The van der Waals surface area contributed by atoms with Crippen molar-refractivity contribution in [2.45, 2.75) is 193 Å². The van der Waals surface area contributed by atoms with Crippen molar-refractivity contribution in [3.63, 3.8) is 0 Å². The van der Waals surface area contributed by atoms with Gasteiger partial charge in [0.25, 0.3) is 0 Å². The summed E-state index contributed by atoms with van der Waals surface area (Å²) in [5.41, 5.74) is 5.33. The lowest BCUT2D eigenvalue weighted by Crippen LogP contribution is -2.34. The van der Waals surface area contributed by atoms with Crippen LogP contribution in [0.3, 0.4) is 0 Å². The predicted octanol–water partition coefficient (Wildman–Crippen LogP) is 12.0. The molecular weight excluding hydrogens is 757 g/mol. The van der Waals surface area contributed by atoms with Gasteiger partial charge >= 0.3 is 25.7 Å². The monoisotopic (exact) mass is 838 g/mol. The predicted molar refractivity (Wildman–Crippen MR) is 235 cm³/mol. The van der Waals surface area contributed by atoms with E-state index in [1.165, 1.54) is 70.6 Å². The van der Waals surface area contributed by atoms with E-state index in [9.17, 15) is 23.8 Å². The van der Waals surface area contributed by atoms with Gasteiger partial charge in [-0.3, -0.25) is 23.4 Å². The molecule has 58 heavy (non-hydrogen) atoms. The molecular formula is C46H80NO10P. The van der Waals surface area contributed by atoms with Gasteiger partial charge in [0.05, 0.1) is 13.2 Å². The third kappa shape index (κ3) is 40.0. The van der Waals surface area contributed by atoms with Crippen molar-refractivity contribution in [3.8, 4) is 0 Å². The van der Waals surface area contributed by atoms with Gasteiger partial charge in [0.1, 0.15) is 12.6 Å². The Kier molecular flexibility index (Phi) is 38.9. The third-order valence-corrected chi connectivity index (χ3v) is 10.3. The highest BCUT2D eigenvalue weighted by Crippen LogP contribution is 2.43. The minimum absolute atomic E-state index is 0.137. The molecule has 0 bridgehead atoms. The molecule has 4 N–H and O–H groups in total. The number of phosphoric acid groups is 1. The fourth-order valence-corrected chi connectivity index (χ4v) is 6.65. The Morgan fingerprint density at radius 3 is 1.53 bits per heavy atom. The van der Waals surface area contributed by atoms with Gasteiger partial charge in [-0.05, 0) is 57.8 Å². The number of esters is 2. The van der Waals surface area contributed by atoms with E-state index < -0.39 is 51.1 Å². The van der Waals surface area contributed by atoms with E-state index in [1.807, 2.05) is 24.3 Å². The van der Waals surface area contributed by atoms with E-state index in [1.54, 1.807) is 0 Å². The Morgan fingerprint density at radius 2 is 1.00 bits per heavy atom. The van der Waals surface area contributed by atoms with Gasteiger partial charge in [0.15, 0.2) is 6.10 Å². The molecule has 0 saturated carbocycles. The van der Waals surface area contributed by atoms with E-state index in [4.69, 9.17) is 24.8 Å². The quantitative estimate of drug-likeness (QED) is 0.0176. The first-order valence-electron chi connectivity index (χ1n) is 22.3. The number of allylic oxidation sites excluding steroid dienone is 10. The second-order valence-corrected chi connectivity index (χ2v) is 16.3. The van der Waals surface area contributed by atoms with Crippen molar-refractivity contribution in [3.05, 3.63) is 60.8 Å². The Bertz CT molecular complexity index is 1210. The summed E-state index contributed by atoms with van der Waals surface area (Å²) in [5.74, 6) is -2.41. The number of carbonyl (C=O) groups is 3. The third-order valence-electron chi connectivity index (χ3n) is 9.32. The highest BCUT2D eigenvalue weighted by molar-refractivity contribution is 7.47. The van der Waals surface area contributed by atoms with E-state index in [-0.39, 0.29) is 19.4 Å². The number of hydrogen-bond donors (Lipinski definition) is 3. The Morgan fingerprint density at radius 1 is 0.552 bits per heavy atom. The van der Waals surface area contributed by atoms with Crippen LogP contribution in [0, 0.1) is 0 Å². The van der Waals surface area contributed by atoms with E-state index in [0.717, 1.165) is 70.6 Å². The molecule has 0 aromatic rings. The molecule has 12 heteroatoms. The summed E-state index contributed by atoms with van der Waals surface area (Å²) < 4.78 is 32.7. The van der Waals surface area contributed by atoms with Gasteiger partial charge < -0.3 is 25.2 Å². The van der Waals surface area contributed by atoms with Crippen LogP contribution in [0.2, 0.25) is 0 Å². The van der Waals surface area contributed by atoms with Gasteiger partial charge in [-0.15, -0.1) is 0 Å². The lowest BCUT2D eigenvalue weighted by atomic mass is 10.0. The lowest BCUT2D eigenvalue weighted by molar-refractivity contribution is -0.161. The van der Waals surface area contributed by atoms with Crippen LogP contribution in [-0.4, -0.2) is 59.9 Å². The molecule has 0 fully saturated rings. The number of rotatable bonds is 41. The van der Waals surface area contributed by atoms with Crippen LogP contribution < -0.4 is 5.73 Å². The van der Waals surface area contributed by atoms with Crippen LogP contribution in [0.25, 0.3) is 0 Å². The first-order valence-corrected chi connectivity index (χ1v) is 23.8. The van der Waals surface area contributed by atoms with Crippen LogP contribution in [0.1, 0.15) is 181 Å². The van der Waals surface area contributed by atoms with Crippen molar-refractivity contribution < 1.29 is 47.5 Å². The maximum atomic E-state index is 12.6. The minimum Gasteiger partial charge on any atom is -0.480 e. The first-order chi connectivity index (χ1) is 28.1. The van der Waals surface area contributed by atoms with Crippen molar-refractivity contribution >= 4 is 25.7 Å². The molecule has 0 aliphatic carbocycles. The number of hydrogen-bond acceptors (Lipinski definition) is 9. The fraction of sp³-hybridized carbons (Fsp3) is 0.717. The van der Waals surface area contributed by atoms with Gasteiger partial charge in [0.2, 0.25) is 0 Å². The Labute approximate surface area is 351 Å². The van der Waals surface area contributed by atoms with Crippen LogP contribution in [0.5, 0.6) is 0 Å². The van der Waals surface area contributed by atoms with E-state index in [2.05, 4.69) is 54.8 Å². The molecule has 0 amide bonds. The number of carbonyl (C=O) groups excluding carboxylic acids is 2. The zero-order valence-corrected chi connectivity index (χ0v) is 37.0. The lowest BCUT2D eigenvalue weighted by Gasteiger charge is -2.20. The largest absolute Gasteiger partial charge is 0.480 e. The first kappa shape index (κ1) is 55.2. The summed E-state index contributed by atoms with van der Waals surface area (Å²) in [6, 6.07) is -1.53. The number of carboxylic acids is 1. The van der Waals surface area contributed by atoms with E-state index >= 15 is 0 Å². The second-order valence-electron chi connectivity index (χ2n) is 14.8. The number of aliphatic carboxylic acids is 1. The summed E-state index contributed by atoms with van der Waals surface area (Å²) >= 11 is 0. The van der Waals surface area contributed by atoms with Crippen LogP contribution >= 0.6 is 7.82 Å². The maximum Gasteiger partial charge on any atom is 0.472 e. The average Bonchev–Trinajstić information content (AvgIpc) is 3.20. The molecule has 0 aromatic heterocycles. The molecule has 0 heterocycles. The van der Waals surface area contributed by atoms with Crippen molar-refractivity contribution in [2.24, 2.45) is 5.73 Å². The summed E-state index contributed by atoms with van der Waals surface area (Å²) in [6.07, 6.45) is 47.2. The molecule has 2 unspecified atom stereocenters. The van der Waals surface area contributed by atoms with Gasteiger partial charge in [0, 0.05) is 12.8 Å². The number of nitrogens with two attached hydrogens (primary N) is 1. The molecule has 0 spiro atoms. The van der Waals surface area contributed by atoms with Crippen LogP contribution in [-0.2, 0) is 37.5 Å². The summed E-state index contributed by atoms with van der Waals surface area (Å²) in [7, 11) is -4.72. The maximum absolute atomic E-state index is 12.6. The smallest absolute Gasteiger partial charge is 0.472 e. The minimum atomic E-state index is -4.72. The molecule has 0 aromatic carbocycles. The summed E-state index contributed by atoms with van der Waals surface area (Å²) in [4.78, 5) is 46.0. The van der Waals surface area contributed by atoms with Crippen molar-refractivity contribution in [1.29, 1.82) is 0 Å². The molecule has 0 aliphatic heterocycles. The Balaban J connectivity index is 4.28. The van der Waals surface area contributed by atoms with Gasteiger partial charge in [-0.1, -0.05) is 171 Å². The van der Waals surface area contributed by atoms with Crippen LogP contribution in [0.15, 0.2) is 60.8 Å². The molecule has 0 aliphatic rings. The molecule has 0 rings (SSSR count). The number of phosphoric ester groups is 1. The normalized spacial score (nSPS) is 14.3. The average molecular weight is 838 g/mol. The zero-order chi connectivity index (χ0) is 42.8. The molecule has 11 nitrogen and oxygen atoms in total. The summed E-state index contributed by atoms with van der Waals surface area (Å²) in [5, 5.41) is 8.89. The fourth-order valence-electron chi connectivity index (χ4n) is 5.87. The van der Waals surface area contributed by atoms with Gasteiger partial charge in [-0.2, -0.15) is 0 Å². The van der Waals surface area contributed by atoms with Gasteiger partial charge in [-0.25, -0.2) is 4.57 Å². The van der Waals surface area contributed by atoms with Crippen LogP contribution in [0.4, 0.5) is 0 Å².